The average molecular weight is 318 g/mol. The normalized spacial score (nSPS) is 11.4. The Morgan fingerprint density at radius 1 is 1.50 bits per heavy atom. The maximum Gasteiger partial charge on any atom is 0.312 e. The van der Waals surface area contributed by atoms with Gasteiger partial charge in [0.2, 0.25) is 0 Å². The summed E-state index contributed by atoms with van der Waals surface area (Å²) in [5.41, 5.74) is -0.0560. The van der Waals surface area contributed by atoms with Crippen molar-refractivity contribution in [3.05, 3.63) is 34.1 Å². The van der Waals surface area contributed by atoms with Crippen LogP contribution < -0.4 is 5.32 Å². The highest BCUT2D eigenvalue weighted by molar-refractivity contribution is 9.10. The van der Waals surface area contributed by atoms with Crippen molar-refractivity contribution in [2.45, 2.75) is 20.4 Å². The molecule has 0 saturated carbocycles. The van der Waals surface area contributed by atoms with Gasteiger partial charge < -0.3 is 10.1 Å². The van der Waals surface area contributed by atoms with Gasteiger partial charge >= 0.3 is 5.97 Å². The van der Waals surface area contributed by atoms with Gasteiger partial charge in [0.1, 0.15) is 5.82 Å². The lowest BCUT2D eigenvalue weighted by atomic mass is 9.93. The molecule has 0 saturated heterocycles. The van der Waals surface area contributed by atoms with E-state index in [1.54, 1.807) is 26.0 Å². The van der Waals surface area contributed by atoms with Crippen LogP contribution in [0.25, 0.3) is 0 Å². The van der Waals surface area contributed by atoms with Crippen LogP contribution in [-0.2, 0) is 16.1 Å². The van der Waals surface area contributed by atoms with E-state index in [0.29, 0.717) is 23.1 Å². The summed E-state index contributed by atoms with van der Waals surface area (Å²) in [6, 6.07) is 4.91. The van der Waals surface area contributed by atoms with Gasteiger partial charge in [-0.15, -0.1) is 0 Å². The van der Waals surface area contributed by atoms with Crippen LogP contribution in [0.1, 0.15) is 19.4 Å². The van der Waals surface area contributed by atoms with Crippen molar-refractivity contribution in [3.63, 3.8) is 0 Å². The lowest BCUT2D eigenvalue weighted by Crippen LogP contribution is -2.36. The molecule has 1 N–H and O–H groups in total. The van der Waals surface area contributed by atoms with Crippen molar-refractivity contribution in [1.29, 1.82) is 0 Å². The van der Waals surface area contributed by atoms with E-state index in [9.17, 15) is 9.18 Å². The van der Waals surface area contributed by atoms with Gasteiger partial charge in [0.25, 0.3) is 0 Å². The van der Waals surface area contributed by atoms with Gasteiger partial charge in [-0.3, -0.25) is 4.79 Å². The molecule has 0 aliphatic heterocycles. The van der Waals surface area contributed by atoms with E-state index < -0.39 is 5.41 Å². The van der Waals surface area contributed by atoms with Crippen molar-refractivity contribution < 1.29 is 13.9 Å². The standard InChI is InChI=1S/C13H17BrFNO2/c1-13(2,12(17)18-3)8-16-7-9-4-5-10(14)6-11(9)15/h4-6,16H,7-8H2,1-3H3. The molecular formula is C13H17BrFNO2. The molecular weight excluding hydrogens is 301 g/mol. The van der Waals surface area contributed by atoms with Gasteiger partial charge in [0.15, 0.2) is 0 Å². The van der Waals surface area contributed by atoms with Gasteiger partial charge in [-0.2, -0.15) is 0 Å². The fraction of sp³-hybridized carbons (Fsp3) is 0.462. The molecule has 0 aromatic heterocycles. The minimum Gasteiger partial charge on any atom is -0.469 e. The molecule has 0 amide bonds. The Labute approximate surface area is 115 Å². The van der Waals surface area contributed by atoms with E-state index in [-0.39, 0.29) is 11.8 Å². The topological polar surface area (TPSA) is 38.3 Å². The molecule has 100 valence electrons. The van der Waals surface area contributed by atoms with Crippen LogP contribution in [0.5, 0.6) is 0 Å². The first-order valence-electron chi connectivity index (χ1n) is 5.60. The van der Waals surface area contributed by atoms with E-state index in [4.69, 9.17) is 4.74 Å². The summed E-state index contributed by atoms with van der Waals surface area (Å²) in [7, 11) is 1.36. The number of carbonyl (C=O) groups is 1. The third kappa shape index (κ3) is 4.07. The Morgan fingerprint density at radius 3 is 2.72 bits per heavy atom. The average Bonchev–Trinajstić information content (AvgIpc) is 2.30. The third-order valence-electron chi connectivity index (χ3n) is 2.64. The Morgan fingerprint density at radius 2 is 2.17 bits per heavy atom. The zero-order chi connectivity index (χ0) is 13.8. The molecule has 0 aliphatic rings. The van der Waals surface area contributed by atoms with Gasteiger partial charge in [-0.05, 0) is 26.0 Å². The Balaban J connectivity index is 2.54. The molecule has 0 bridgehead atoms. The van der Waals surface area contributed by atoms with E-state index in [1.165, 1.54) is 13.2 Å². The van der Waals surface area contributed by atoms with E-state index in [0.717, 1.165) is 0 Å². The maximum absolute atomic E-state index is 13.5. The summed E-state index contributed by atoms with van der Waals surface area (Å²) >= 11 is 3.20. The third-order valence-corrected chi connectivity index (χ3v) is 3.13. The van der Waals surface area contributed by atoms with Crippen molar-refractivity contribution in [2.75, 3.05) is 13.7 Å². The summed E-state index contributed by atoms with van der Waals surface area (Å²) in [6.07, 6.45) is 0. The maximum atomic E-state index is 13.5. The highest BCUT2D eigenvalue weighted by atomic mass is 79.9. The van der Waals surface area contributed by atoms with Crippen LogP contribution in [-0.4, -0.2) is 19.6 Å². The second-order valence-corrected chi connectivity index (χ2v) is 5.63. The first-order chi connectivity index (χ1) is 8.36. The summed E-state index contributed by atoms with van der Waals surface area (Å²) < 4.78 is 18.9. The molecule has 0 radical (unpaired) electrons. The highest BCUT2D eigenvalue weighted by Crippen LogP contribution is 2.17. The van der Waals surface area contributed by atoms with Gasteiger partial charge in [0, 0.05) is 23.1 Å². The molecule has 1 aromatic carbocycles. The number of esters is 1. The van der Waals surface area contributed by atoms with E-state index >= 15 is 0 Å². The molecule has 0 unspecified atom stereocenters. The first kappa shape index (κ1) is 15.1. The van der Waals surface area contributed by atoms with E-state index in [2.05, 4.69) is 21.2 Å². The molecule has 0 aliphatic carbocycles. The molecule has 0 heterocycles. The predicted octanol–water partition coefficient (Wildman–Crippen LogP) is 2.88. The molecule has 0 atom stereocenters. The summed E-state index contributed by atoms with van der Waals surface area (Å²) in [5, 5.41) is 3.06. The van der Waals surface area contributed by atoms with Crippen LogP contribution in [0.2, 0.25) is 0 Å². The number of ether oxygens (including phenoxy) is 1. The minimum absolute atomic E-state index is 0.271. The smallest absolute Gasteiger partial charge is 0.312 e. The Bertz CT molecular complexity index is 435. The van der Waals surface area contributed by atoms with E-state index in [1.807, 2.05) is 0 Å². The van der Waals surface area contributed by atoms with Crippen LogP contribution in [0, 0.1) is 11.2 Å². The SMILES string of the molecule is COC(=O)C(C)(C)CNCc1ccc(Br)cc1F. The number of halogens is 2. The van der Waals surface area contributed by atoms with Crippen molar-refractivity contribution in [1.82, 2.24) is 5.32 Å². The van der Waals surface area contributed by atoms with Crippen LogP contribution >= 0.6 is 15.9 Å². The van der Waals surface area contributed by atoms with Gasteiger partial charge in [0.05, 0.1) is 12.5 Å². The Hall–Kier alpha value is -0.940. The second kappa shape index (κ2) is 6.29. The highest BCUT2D eigenvalue weighted by Gasteiger charge is 2.28. The predicted molar refractivity (Wildman–Crippen MR) is 71.6 cm³/mol. The lowest BCUT2D eigenvalue weighted by molar-refractivity contribution is -0.150. The second-order valence-electron chi connectivity index (χ2n) is 4.71. The fourth-order valence-electron chi connectivity index (χ4n) is 1.52. The monoisotopic (exact) mass is 317 g/mol. The molecule has 0 fully saturated rings. The van der Waals surface area contributed by atoms with Crippen LogP contribution in [0.3, 0.4) is 0 Å². The molecule has 1 aromatic rings. The molecule has 0 spiro atoms. The number of nitrogens with one attached hydrogen (secondary N) is 1. The first-order valence-corrected chi connectivity index (χ1v) is 6.39. The zero-order valence-corrected chi connectivity index (χ0v) is 12.3. The molecule has 5 heteroatoms. The van der Waals surface area contributed by atoms with Crippen LogP contribution in [0.4, 0.5) is 4.39 Å². The van der Waals surface area contributed by atoms with Gasteiger partial charge in [-0.25, -0.2) is 4.39 Å². The zero-order valence-electron chi connectivity index (χ0n) is 10.7. The quantitative estimate of drug-likeness (QED) is 0.849. The lowest BCUT2D eigenvalue weighted by Gasteiger charge is -2.21. The van der Waals surface area contributed by atoms with Gasteiger partial charge in [-0.1, -0.05) is 22.0 Å². The molecule has 3 nitrogen and oxygen atoms in total. The summed E-state index contributed by atoms with van der Waals surface area (Å²) in [4.78, 5) is 11.4. The fourth-order valence-corrected chi connectivity index (χ4v) is 1.86. The minimum atomic E-state index is -0.624. The van der Waals surface area contributed by atoms with Crippen molar-refractivity contribution in [2.24, 2.45) is 5.41 Å². The summed E-state index contributed by atoms with van der Waals surface area (Å²) in [5.74, 6) is -0.556. The number of carbonyl (C=O) groups excluding carboxylic acids is 1. The molecule has 18 heavy (non-hydrogen) atoms. The summed E-state index contributed by atoms with van der Waals surface area (Å²) in [6.45, 7) is 4.36. The van der Waals surface area contributed by atoms with Crippen molar-refractivity contribution in [3.8, 4) is 0 Å². The number of benzene rings is 1. The number of methoxy groups -OCH3 is 1. The number of hydrogen-bond acceptors (Lipinski definition) is 3. The van der Waals surface area contributed by atoms with Crippen LogP contribution in [0.15, 0.2) is 22.7 Å². The number of hydrogen-bond donors (Lipinski definition) is 1. The van der Waals surface area contributed by atoms with Crippen molar-refractivity contribution >= 4 is 21.9 Å². The Kier molecular flexibility index (Phi) is 5.28. The largest absolute Gasteiger partial charge is 0.469 e. The number of rotatable bonds is 5. The molecule has 1 rings (SSSR count).